The second kappa shape index (κ2) is 17.2. The monoisotopic (exact) mass is 599 g/mol. The quantitative estimate of drug-likeness (QED) is 0.351. The Hall–Kier alpha value is -3.24. The average Bonchev–Trinajstić information content (AvgIpc) is 2.99. The molecule has 238 valence electrons. The Balaban J connectivity index is 1.88. The molecule has 2 amide bonds. The third kappa shape index (κ3) is 10.5. The third-order valence-electron chi connectivity index (χ3n) is 8.43. The van der Waals surface area contributed by atoms with Crippen molar-refractivity contribution in [1.29, 1.82) is 0 Å². The topological polar surface area (TPSA) is 134 Å². The Morgan fingerprint density at radius 2 is 1.84 bits per heavy atom. The highest BCUT2D eigenvalue weighted by molar-refractivity contribution is 5.92. The SMILES string of the molecule is CO[C@@H]1CC/C=C/CCCCOC(=O)[C@@H]2CCCN(N2)C(=O)[C@H](Cc2cccc(O)c2)NC(=O)[C@H](C(C)C)CC(=O)[C@@H]1C. The molecule has 0 spiro atoms. The van der Waals surface area contributed by atoms with E-state index in [0.29, 0.717) is 38.0 Å². The molecule has 0 radical (unpaired) electrons. The van der Waals surface area contributed by atoms with E-state index in [0.717, 1.165) is 25.7 Å². The van der Waals surface area contributed by atoms with Gasteiger partial charge in [0.2, 0.25) is 5.91 Å². The number of esters is 1. The molecule has 2 bridgehead atoms. The molecule has 1 saturated heterocycles. The van der Waals surface area contributed by atoms with Crippen LogP contribution >= 0.6 is 0 Å². The van der Waals surface area contributed by atoms with E-state index in [9.17, 15) is 24.3 Å². The van der Waals surface area contributed by atoms with Crippen molar-refractivity contribution < 1.29 is 33.8 Å². The molecule has 43 heavy (non-hydrogen) atoms. The molecule has 0 aromatic heterocycles. The predicted molar refractivity (Wildman–Crippen MR) is 163 cm³/mol. The Morgan fingerprint density at radius 1 is 1.07 bits per heavy atom. The highest BCUT2D eigenvalue weighted by Gasteiger charge is 2.36. The lowest BCUT2D eigenvalue weighted by molar-refractivity contribution is -0.153. The van der Waals surface area contributed by atoms with Gasteiger partial charge in [0.25, 0.3) is 5.91 Å². The summed E-state index contributed by atoms with van der Waals surface area (Å²) in [4.78, 5) is 53.8. The molecule has 0 saturated carbocycles. The number of phenols is 1. The maximum atomic E-state index is 13.9. The van der Waals surface area contributed by atoms with Gasteiger partial charge in [0, 0.05) is 38.3 Å². The summed E-state index contributed by atoms with van der Waals surface area (Å²) in [5, 5.41) is 14.3. The maximum absolute atomic E-state index is 13.9. The molecule has 2 heterocycles. The number of fused-ring (bicyclic) bond motifs is 2. The number of amides is 2. The third-order valence-corrected chi connectivity index (χ3v) is 8.43. The number of nitrogens with zero attached hydrogens (tertiary/aromatic N) is 1. The number of carbonyl (C=O) groups is 4. The number of methoxy groups -OCH3 is 1. The lowest BCUT2D eigenvalue weighted by atomic mass is 9.84. The van der Waals surface area contributed by atoms with E-state index in [1.807, 2.05) is 20.8 Å². The molecule has 0 aliphatic carbocycles. The smallest absolute Gasteiger partial charge is 0.324 e. The van der Waals surface area contributed by atoms with E-state index in [-0.39, 0.29) is 48.2 Å². The largest absolute Gasteiger partial charge is 0.508 e. The van der Waals surface area contributed by atoms with Crippen LogP contribution in [0.5, 0.6) is 5.75 Å². The van der Waals surface area contributed by atoms with Gasteiger partial charge in [-0.15, -0.1) is 0 Å². The van der Waals surface area contributed by atoms with Gasteiger partial charge in [0.15, 0.2) is 0 Å². The Morgan fingerprint density at radius 3 is 2.56 bits per heavy atom. The highest BCUT2D eigenvalue weighted by atomic mass is 16.5. The van der Waals surface area contributed by atoms with Gasteiger partial charge in [-0.2, -0.15) is 0 Å². The Labute approximate surface area is 255 Å². The minimum Gasteiger partial charge on any atom is -0.508 e. The molecular weight excluding hydrogens is 550 g/mol. The summed E-state index contributed by atoms with van der Waals surface area (Å²) in [7, 11) is 1.60. The van der Waals surface area contributed by atoms with Crippen LogP contribution < -0.4 is 10.7 Å². The van der Waals surface area contributed by atoms with Crippen molar-refractivity contribution in [3.05, 3.63) is 42.0 Å². The van der Waals surface area contributed by atoms with E-state index in [1.165, 1.54) is 11.1 Å². The van der Waals surface area contributed by atoms with Crippen molar-refractivity contribution in [1.82, 2.24) is 15.8 Å². The number of ether oxygens (including phenoxy) is 2. The second-order valence-electron chi connectivity index (χ2n) is 12.0. The number of hydrogen-bond donors (Lipinski definition) is 3. The minimum atomic E-state index is -0.985. The molecular formula is C33H49N3O7. The van der Waals surface area contributed by atoms with Crippen LogP contribution in [0, 0.1) is 17.8 Å². The fraction of sp³-hybridized carbons (Fsp3) is 0.636. The number of rotatable bonds is 4. The second-order valence-corrected chi connectivity index (χ2v) is 12.0. The lowest BCUT2D eigenvalue weighted by Gasteiger charge is -2.35. The number of phenolic OH excluding ortho intramolecular Hbond substituents is 1. The van der Waals surface area contributed by atoms with Crippen molar-refractivity contribution in [2.45, 2.75) is 96.7 Å². The molecule has 3 rings (SSSR count). The molecule has 2 aliphatic rings. The van der Waals surface area contributed by atoms with Crippen molar-refractivity contribution >= 4 is 23.6 Å². The maximum Gasteiger partial charge on any atom is 0.324 e. The normalized spacial score (nSPS) is 28.4. The summed E-state index contributed by atoms with van der Waals surface area (Å²) in [6, 6.07) is 4.89. The van der Waals surface area contributed by atoms with E-state index in [1.54, 1.807) is 25.3 Å². The average molecular weight is 600 g/mol. The van der Waals surface area contributed by atoms with E-state index >= 15 is 0 Å². The fourth-order valence-electron chi connectivity index (χ4n) is 5.65. The number of Topliss-reactive ketones (excluding diaryl/α,β-unsaturated/α-hetero) is 1. The number of cyclic esters (lactones) is 1. The first-order valence-electron chi connectivity index (χ1n) is 15.6. The number of hydrogen-bond acceptors (Lipinski definition) is 8. The van der Waals surface area contributed by atoms with Crippen LogP contribution in [0.3, 0.4) is 0 Å². The van der Waals surface area contributed by atoms with Gasteiger partial charge in [-0.25, -0.2) is 5.43 Å². The number of ketones is 1. The minimum absolute atomic E-state index is 0.0310. The summed E-state index contributed by atoms with van der Waals surface area (Å²) >= 11 is 0. The van der Waals surface area contributed by atoms with Crippen LogP contribution in [0.25, 0.3) is 0 Å². The summed E-state index contributed by atoms with van der Waals surface area (Å²) in [6.45, 7) is 6.29. The zero-order valence-electron chi connectivity index (χ0n) is 26.1. The van der Waals surface area contributed by atoms with Gasteiger partial charge in [0.1, 0.15) is 23.6 Å². The first kappa shape index (κ1) is 34.3. The summed E-state index contributed by atoms with van der Waals surface area (Å²) < 4.78 is 11.2. The number of allylic oxidation sites excluding steroid dienone is 2. The van der Waals surface area contributed by atoms with Crippen LogP contribution in [0.4, 0.5) is 0 Å². The van der Waals surface area contributed by atoms with Crippen molar-refractivity contribution in [3.8, 4) is 5.75 Å². The molecule has 10 nitrogen and oxygen atoms in total. The van der Waals surface area contributed by atoms with Gasteiger partial charge >= 0.3 is 5.97 Å². The van der Waals surface area contributed by atoms with Crippen LogP contribution in [0.2, 0.25) is 0 Å². The summed E-state index contributed by atoms with van der Waals surface area (Å²) in [5.74, 6) is -2.39. The van der Waals surface area contributed by atoms with E-state index in [2.05, 4.69) is 22.9 Å². The zero-order chi connectivity index (χ0) is 31.4. The van der Waals surface area contributed by atoms with Crippen molar-refractivity contribution in [2.24, 2.45) is 17.8 Å². The molecule has 0 unspecified atom stereocenters. The molecule has 10 heteroatoms. The lowest BCUT2D eigenvalue weighted by Crippen LogP contribution is -2.60. The van der Waals surface area contributed by atoms with Crippen molar-refractivity contribution in [3.63, 3.8) is 0 Å². The summed E-state index contributed by atoms with van der Waals surface area (Å²) in [5.41, 5.74) is 3.68. The Kier molecular flexibility index (Phi) is 13.7. The van der Waals surface area contributed by atoms with Crippen LogP contribution in [0.15, 0.2) is 36.4 Å². The molecule has 1 fully saturated rings. The molecule has 1 aromatic rings. The number of nitrogens with one attached hydrogen (secondary N) is 2. The Bertz CT molecular complexity index is 1120. The number of hydrazine groups is 1. The van der Waals surface area contributed by atoms with Crippen LogP contribution in [-0.2, 0) is 35.1 Å². The summed E-state index contributed by atoms with van der Waals surface area (Å²) in [6.07, 6.45) is 9.12. The molecule has 3 N–H and O–H groups in total. The zero-order valence-corrected chi connectivity index (χ0v) is 26.1. The van der Waals surface area contributed by atoms with Gasteiger partial charge < -0.3 is 19.9 Å². The number of aromatic hydroxyl groups is 1. The highest BCUT2D eigenvalue weighted by Crippen LogP contribution is 2.24. The number of benzene rings is 1. The first-order chi connectivity index (χ1) is 20.6. The van der Waals surface area contributed by atoms with Gasteiger partial charge in [0.05, 0.1) is 12.7 Å². The van der Waals surface area contributed by atoms with Gasteiger partial charge in [-0.1, -0.05) is 45.1 Å². The van der Waals surface area contributed by atoms with Crippen molar-refractivity contribution in [2.75, 3.05) is 20.3 Å². The standard InChI is InChI=1S/C33H49N3O7/c1-22(2)26-21-29(38)23(3)30(42-4)16-9-7-5-6-8-10-18-43-33(41)27-15-12-17-36(35-27)32(40)28(34-31(26)39)20-24-13-11-14-25(37)19-24/h5,7,11,13-14,19,22-23,26-28,30,35,37H,6,8-10,12,15-18,20-21H2,1-4H3,(H,34,39)/b7-5+/t23-,26-,27-,28-,30+/m0/s1. The molecule has 1 aromatic carbocycles. The predicted octanol–water partition coefficient (Wildman–Crippen LogP) is 3.86. The van der Waals surface area contributed by atoms with Crippen LogP contribution in [0.1, 0.15) is 77.7 Å². The fourth-order valence-corrected chi connectivity index (χ4v) is 5.65. The van der Waals surface area contributed by atoms with E-state index in [4.69, 9.17) is 9.47 Å². The first-order valence-corrected chi connectivity index (χ1v) is 15.6. The van der Waals surface area contributed by atoms with Gasteiger partial charge in [-0.3, -0.25) is 24.2 Å². The number of carbonyl (C=O) groups excluding carboxylic acids is 4. The molecule has 5 atom stereocenters. The van der Waals surface area contributed by atoms with Crippen LogP contribution in [-0.4, -0.2) is 72.1 Å². The van der Waals surface area contributed by atoms with E-state index < -0.39 is 29.9 Å². The molecule has 2 aliphatic heterocycles. The van der Waals surface area contributed by atoms with Gasteiger partial charge in [-0.05, 0) is 68.6 Å².